The van der Waals surface area contributed by atoms with Crippen LogP contribution in [0.2, 0.25) is 0 Å². The second-order valence-corrected chi connectivity index (χ2v) is 2.41. The standard InChI is InChI=1S/C9H10O3.FH/c1-7(9(10)11)12-8-5-3-2-4-6-8;/h2-7H,1H3,(H,10,11);1H. The molecule has 1 atom stereocenters. The van der Waals surface area contributed by atoms with Gasteiger partial charge in [-0.15, -0.1) is 0 Å². The van der Waals surface area contributed by atoms with Gasteiger partial charge in [0.15, 0.2) is 6.10 Å². The number of rotatable bonds is 3. The van der Waals surface area contributed by atoms with Crippen LogP contribution in [0.5, 0.6) is 5.75 Å². The second-order valence-electron chi connectivity index (χ2n) is 2.41. The molecule has 0 heterocycles. The molecule has 13 heavy (non-hydrogen) atoms. The molecule has 0 amide bonds. The number of benzene rings is 1. The molecule has 1 aromatic rings. The van der Waals surface area contributed by atoms with E-state index in [1.165, 1.54) is 6.92 Å². The normalized spacial score (nSPS) is 11.2. The Morgan fingerprint density at radius 2 is 1.92 bits per heavy atom. The van der Waals surface area contributed by atoms with Gasteiger partial charge in [-0.25, -0.2) is 4.79 Å². The lowest BCUT2D eigenvalue weighted by molar-refractivity contribution is -0.144. The highest BCUT2D eigenvalue weighted by Gasteiger charge is 2.11. The third-order valence-electron chi connectivity index (χ3n) is 1.40. The minimum Gasteiger partial charge on any atom is -0.479 e. The van der Waals surface area contributed by atoms with Crippen LogP contribution >= 0.6 is 0 Å². The molecule has 0 saturated heterocycles. The van der Waals surface area contributed by atoms with Crippen LogP contribution in [0.25, 0.3) is 0 Å². The highest BCUT2D eigenvalue weighted by atomic mass is 19.0. The molecule has 4 heteroatoms. The minimum atomic E-state index is -0.959. The lowest BCUT2D eigenvalue weighted by atomic mass is 10.3. The number of ether oxygens (including phenoxy) is 1. The summed E-state index contributed by atoms with van der Waals surface area (Å²) in [7, 11) is 0. The zero-order valence-electron chi connectivity index (χ0n) is 7.14. The summed E-state index contributed by atoms with van der Waals surface area (Å²) in [4.78, 5) is 10.4. The summed E-state index contributed by atoms with van der Waals surface area (Å²) < 4.78 is 5.08. The molecule has 1 unspecified atom stereocenters. The molecule has 0 aliphatic rings. The fourth-order valence-electron chi connectivity index (χ4n) is 0.754. The first-order valence-corrected chi connectivity index (χ1v) is 3.64. The van der Waals surface area contributed by atoms with Crippen LogP contribution in [0, 0.1) is 0 Å². The molecule has 0 saturated carbocycles. The molecule has 3 nitrogen and oxygen atoms in total. The van der Waals surface area contributed by atoms with Crippen molar-refractivity contribution in [3.8, 4) is 5.75 Å². The number of aliphatic carboxylic acids is 1. The summed E-state index contributed by atoms with van der Waals surface area (Å²) in [6, 6.07) is 8.88. The Hall–Kier alpha value is -1.58. The third kappa shape index (κ3) is 3.55. The summed E-state index contributed by atoms with van der Waals surface area (Å²) in [5, 5.41) is 8.52. The first-order valence-electron chi connectivity index (χ1n) is 3.64. The number of carbonyl (C=O) groups is 1. The first-order chi connectivity index (χ1) is 5.70. The van der Waals surface area contributed by atoms with Gasteiger partial charge in [0.2, 0.25) is 0 Å². The van der Waals surface area contributed by atoms with Gasteiger partial charge >= 0.3 is 5.97 Å². The van der Waals surface area contributed by atoms with E-state index in [0.29, 0.717) is 5.75 Å². The molecule has 0 radical (unpaired) electrons. The van der Waals surface area contributed by atoms with Gasteiger partial charge in [-0.1, -0.05) is 18.2 Å². The maximum atomic E-state index is 10.4. The lowest BCUT2D eigenvalue weighted by Crippen LogP contribution is -2.22. The van der Waals surface area contributed by atoms with Crippen molar-refractivity contribution in [1.29, 1.82) is 0 Å². The molecule has 1 aromatic carbocycles. The summed E-state index contributed by atoms with van der Waals surface area (Å²) in [5.74, 6) is -0.383. The number of carboxylic acid groups (broad SMARTS) is 1. The van der Waals surface area contributed by atoms with Gasteiger partial charge in [0, 0.05) is 0 Å². The van der Waals surface area contributed by atoms with E-state index in [1.54, 1.807) is 24.3 Å². The lowest BCUT2D eigenvalue weighted by Gasteiger charge is -2.09. The van der Waals surface area contributed by atoms with Gasteiger partial charge < -0.3 is 9.84 Å². The fourth-order valence-corrected chi connectivity index (χ4v) is 0.754. The van der Waals surface area contributed by atoms with E-state index in [2.05, 4.69) is 0 Å². The fraction of sp³-hybridized carbons (Fsp3) is 0.222. The largest absolute Gasteiger partial charge is 0.479 e. The smallest absolute Gasteiger partial charge is 0.344 e. The SMILES string of the molecule is CC(Oc1ccccc1)C(=O)O.F. The van der Waals surface area contributed by atoms with Crippen molar-refractivity contribution in [3.63, 3.8) is 0 Å². The molecule has 0 fully saturated rings. The molecule has 1 N–H and O–H groups in total. The van der Waals surface area contributed by atoms with Crippen LogP contribution in [0.1, 0.15) is 6.92 Å². The highest BCUT2D eigenvalue weighted by Crippen LogP contribution is 2.10. The topological polar surface area (TPSA) is 46.5 Å². The number of para-hydroxylation sites is 1. The van der Waals surface area contributed by atoms with Crippen LogP contribution in [-0.4, -0.2) is 17.2 Å². The Bertz CT molecular complexity index is 261. The van der Waals surface area contributed by atoms with Crippen molar-refractivity contribution in [2.24, 2.45) is 0 Å². The maximum absolute atomic E-state index is 10.4. The van der Waals surface area contributed by atoms with E-state index in [9.17, 15) is 4.79 Å². The van der Waals surface area contributed by atoms with Gasteiger partial charge in [-0.3, -0.25) is 4.70 Å². The monoisotopic (exact) mass is 186 g/mol. The van der Waals surface area contributed by atoms with Gasteiger partial charge in [-0.05, 0) is 19.1 Å². The van der Waals surface area contributed by atoms with Crippen LogP contribution < -0.4 is 4.74 Å². The summed E-state index contributed by atoms with van der Waals surface area (Å²) >= 11 is 0. The van der Waals surface area contributed by atoms with E-state index in [0.717, 1.165) is 0 Å². The van der Waals surface area contributed by atoms with Crippen LogP contribution in [-0.2, 0) is 4.79 Å². The van der Waals surface area contributed by atoms with Crippen LogP contribution in [0.4, 0.5) is 4.70 Å². The second kappa shape index (κ2) is 5.13. The molecule has 0 aromatic heterocycles. The molecular formula is C9H11FO3. The first kappa shape index (κ1) is 11.4. The minimum absolute atomic E-state index is 0. The van der Waals surface area contributed by atoms with Crippen molar-refractivity contribution in [2.75, 3.05) is 0 Å². The Labute approximate surface area is 75.3 Å². The van der Waals surface area contributed by atoms with E-state index in [4.69, 9.17) is 9.84 Å². The molecule has 0 bridgehead atoms. The van der Waals surface area contributed by atoms with E-state index >= 15 is 0 Å². The molecule has 1 rings (SSSR count). The Kier molecular flexibility index (Phi) is 4.51. The van der Waals surface area contributed by atoms with Gasteiger partial charge in [0.25, 0.3) is 0 Å². The molecular weight excluding hydrogens is 175 g/mol. The predicted octanol–water partition coefficient (Wildman–Crippen LogP) is 1.69. The van der Waals surface area contributed by atoms with E-state index in [1.807, 2.05) is 6.07 Å². The van der Waals surface area contributed by atoms with Crippen molar-refractivity contribution in [3.05, 3.63) is 30.3 Å². The van der Waals surface area contributed by atoms with Gasteiger partial charge in [-0.2, -0.15) is 0 Å². The number of halogens is 1. The van der Waals surface area contributed by atoms with E-state index in [-0.39, 0.29) is 4.70 Å². The average Bonchev–Trinajstić information content (AvgIpc) is 2.06. The zero-order chi connectivity index (χ0) is 8.97. The van der Waals surface area contributed by atoms with Crippen molar-refractivity contribution >= 4 is 5.97 Å². The Morgan fingerprint density at radius 3 is 2.38 bits per heavy atom. The summed E-state index contributed by atoms with van der Waals surface area (Å²) in [6.07, 6.45) is -0.799. The number of hydrogen-bond acceptors (Lipinski definition) is 2. The number of hydrogen-bond donors (Lipinski definition) is 1. The van der Waals surface area contributed by atoms with Crippen molar-refractivity contribution in [2.45, 2.75) is 13.0 Å². The quantitative estimate of drug-likeness (QED) is 0.781. The highest BCUT2D eigenvalue weighted by molar-refractivity contribution is 5.72. The maximum Gasteiger partial charge on any atom is 0.344 e. The molecule has 0 aliphatic carbocycles. The molecule has 72 valence electrons. The molecule has 0 spiro atoms. The zero-order valence-corrected chi connectivity index (χ0v) is 7.14. The summed E-state index contributed by atoms with van der Waals surface area (Å²) in [6.45, 7) is 1.50. The third-order valence-corrected chi connectivity index (χ3v) is 1.40. The van der Waals surface area contributed by atoms with Crippen LogP contribution in [0.3, 0.4) is 0 Å². The van der Waals surface area contributed by atoms with E-state index < -0.39 is 12.1 Å². The Morgan fingerprint density at radius 1 is 1.38 bits per heavy atom. The Balaban J connectivity index is 0.00000144. The van der Waals surface area contributed by atoms with Gasteiger partial charge in [0.1, 0.15) is 5.75 Å². The molecule has 0 aliphatic heterocycles. The van der Waals surface area contributed by atoms with Crippen molar-refractivity contribution in [1.82, 2.24) is 0 Å². The van der Waals surface area contributed by atoms with Gasteiger partial charge in [0.05, 0.1) is 0 Å². The predicted molar refractivity (Wildman–Crippen MR) is 46.7 cm³/mol. The van der Waals surface area contributed by atoms with Crippen LogP contribution in [0.15, 0.2) is 30.3 Å². The summed E-state index contributed by atoms with van der Waals surface area (Å²) in [5.41, 5.74) is 0. The average molecular weight is 186 g/mol. The van der Waals surface area contributed by atoms with Crippen molar-refractivity contribution < 1.29 is 19.3 Å². The number of carboxylic acids is 1.